The van der Waals surface area contributed by atoms with E-state index in [9.17, 15) is 9.00 Å². The molecule has 5 nitrogen and oxygen atoms in total. The van der Waals surface area contributed by atoms with E-state index in [1.807, 2.05) is 23.2 Å². The van der Waals surface area contributed by atoms with E-state index in [2.05, 4.69) is 17.9 Å². The molecule has 4 rings (SSSR count). The molecule has 2 fully saturated rings. The Morgan fingerprint density at radius 3 is 2.75 bits per heavy atom. The predicted molar refractivity (Wildman–Crippen MR) is 114 cm³/mol. The molecule has 0 saturated carbocycles. The van der Waals surface area contributed by atoms with Gasteiger partial charge in [-0.15, -0.1) is 11.3 Å². The summed E-state index contributed by atoms with van der Waals surface area (Å²) in [6.45, 7) is 9.81. The van der Waals surface area contributed by atoms with Gasteiger partial charge in [0.1, 0.15) is 5.75 Å². The molecule has 1 amide bonds. The normalized spacial score (nSPS) is 23.4. The number of fused-ring (bicyclic) bond motifs is 2. The van der Waals surface area contributed by atoms with Gasteiger partial charge in [0.2, 0.25) is 5.91 Å². The fourth-order valence-corrected chi connectivity index (χ4v) is 6.58. The van der Waals surface area contributed by atoms with E-state index in [-0.39, 0.29) is 17.3 Å². The largest absolute Gasteiger partial charge is 0.370 e. The molecule has 1 aromatic rings. The molecule has 4 heterocycles. The Balaban J connectivity index is 1.27. The van der Waals surface area contributed by atoms with Crippen LogP contribution in [0.25, 0.3) is 0 Å². The summed E-state index contributed by atoms with van der Waals surface area (Å²) in [6.07, 6.45) is 4.33. The number of likely N-dealkylation sites (tertiary alicyclic amines) is 2. The van der Waals surface area contributed by atoms with Crippen molar-refractivity contribution in [3.05, 3.63) is 21.4 Å². The van der Waals surface area contributed by atoms with Crippen LogP contribution in [-0.2, 0) is 38.8 Å². The molecular weight excluding hydrogens is 392 g/mol. The van der Waals surface area contributed by atoms with Gasteiger partial charge in [0, 0.05) is 71.4 Å². The highest BCUT2D eigenvalue weighted by Crippen LogP contribution is 2.44. The standard InChI is InChI=1S/C21H32N2O3S2/c1-3-17-11-18-19(27-17)5-10-26-21(18)6-8-22(9-7-21)12-16-13-23(14-16)20(24)15-28(25)4-2/h11,16H,3-10,12-15H2,1-2H3. The Morgan fingerprint density at radius 2 is 2.07 bits per heavy atom. The molecule has 7 heteroatoms. The number of carbonyl (C=O) groups excluding carboxylic acids is 1. The highest BCUT2D eigenvalue weighted by molar-refractivity contribution is 7.85. The molecule has 1 atom stereocenters. The second-order valence-corrected chi connectivity index (χ2v) is 11.3. The molecule has 0 aliphatic carbocycles. The Hall–Kier alpha value is -0.760. The van der Waals surface area contributed by atoms with Gasteiger partial charge < -0.3 is 14.5 Å². The smallest absolute Gasteiger partial charge is 0.235 e. The van der Waals surface area contributed by atoms with E-state index in [1.54, 1.807) is 4.88 Å². The van der Waals surface area contributed by atoms with Gasteiger partial charge in [-0.3, -0.25) is 9.00 Å². The quantitative estimate of drug-likeness (QED) is 0.704. The fraction of sp³-hybridized carbons (Fsp3) is 0.762. The lowest BCUT2D eigenvalue weighted by atomic mass is 9.82. The fourth-order valence-electron chi connectivity index (χ4n) is 4.74. The number of hydrogen-bond acceptors (Lipinski definition) is 5. The Bertz CT molecular complexity index is 734. The van der Waals surface area contributed by atoms with Gasteiger partial charge in [-0.2, -0.15) is 0 Å². The minimum absolute atomic E-state index is 0.0557. The van der Waals surface area contributed by atoms with E-state index in [1.165, 1.54) is 10.4 Å². The molecular formula is C21H32N2O3S2. The van der Waals surface area contributed by atoms with Crippen LogP contribution >= 0.6 is 11.3 Å². The van der Waals surface area contributed by atoms with Crippen LogP contribution in [0.1, 0.15) is 42.0 Å². The first-order valence-electron chi connectivity index (χ1n) is 10.6. The molecule has 1 unspecified atom stereocenters. The Kier molecular flexibility index (Phi) is 6.26. The number of piperidine rings is 1. The van der Waals surface area contributed by atoms with E-state index in [0.29, 0.717) is 11.7 Å². The maximum Gasteiger partial charge on any atom is 0.235 e. The van der Waals surface area contributed by atoms with Crippen molar-refractivity contribution in [3.63, 3.8) is 0 Å². The number of rotatable bonds is 6. The topological polar surface area (TPSA) is 49.9 Å². The number of ether oxygens (including phenoxy) is 1. The van der Waals surface area contributed by atoms with Crippen LogP contribution in [0.4, 0.5) is 0 Å². The van der Waals surface area contributed by atoms with E-state index in [4.69, 9.17) is 4.74 Å². The van der Waals surface area contributed by atoms with Crippen LogP contribution in [0.15, 0.2) is 6.07 Å². The lowest BCUT2D eigenvalue weighted by Gasteiger charge is -2.47. The van der Waals surface area contributed by atoms with Crippen LogP contribution in [0, 0.1) is 5.92 Å². The first-order chi connectivity index (χ1) is 13.5. The molecule has 1 aromatic heterocycles. The third-order valence-electron chi connectivity index (χ3n) is 6.50. The summed E-state index contributed by atoms with van der Waals surface area (Å²) in [7, 11) is -1.00. The molecule has 3 aliphatic rings. The zero-order valence-corrected chi connectivity index (χ0v) is 18.7. The van der Waals surface area contributed by atoms with Crippen molar-refractivity contribution in [2.75, 3.05) is 50.8 Å². The van der Waals surface area contributed by atoms with E-state index < -0.39 is 10.8 Å². The van der Waals surface area contributed by atoms with Crippen LogP contribution in [0.5, 0.6) is 0 Å². The molecule has 1 spiro atoms. The van der Waals surface area contributed by atoms with E-state index in [0.717, 1.165) is 65.0 Å². The maximum atomic E-state index is 12.1. The van der Waals surface area contributed by atoms with Crippen molar-refractivity contribution >= 4 is 28.0 Å². The summed E-state index contributed by atoms with van der Waals surface area (Å²) in [5, 5.41) is 0. The van der Waals surface area contributed by atoms with Gasteiger partial charge >= 0.3 is 0 Å². The van der Waals surface area contributed by atoms with Crippen LogP contribution in [0.3, 0.4) is 0 Å². The minimum atomic E-state index is -1.00. The van der Waals surface area contributed by atoms with Gasteiger partial charge in [0.15, 0.2) is 0 Å². The van der Waals surface area contributed by atoms with Gasteiger partial charge in [-0.1, -0.05) is 13.8 Å². The molecule has 28 heavy (non-hydrogen) atoms. The molecule has 3 aliphatic heterocycles. The first-order valence-corrected chi connectivity index (χ1v) is 12.9. The van der Waals surface area contributed by atoms with Gasteiger partial charge in [0.25, 0.3) is 0 Å². The van der Waals surface area contributed by atoms with Gasteiger partial charge in [-0.05, 0) is 30.9 Å². The molecule has 0 aromatic carbocycles. The minimum Gasteiger partial charge on any atom is -0.370 e. The number of nitrogens with zero attached hydrogens (tertiary/aromatic N) is 2. The predicted octanol–water partition coefficient (Wildman–Crippen LogP) is 2.40. The molecule has 156 valence electrons. The van der Waals surface area contributed by atoms with Gasteiger partial charge in [0.05, 0.1) is 12.2 Å². The Morgan fingerprint density at radius 1 is 1.32 bits per heavy atom. The molecule has 0 bridgehead atoms. The van der Waals surface area contributed by atoms with Crippen molar-refractivity contribution in [2.24, 2.45) is 5.92 Å². The second kappa shape index (κ2) is 8.54. The highest BCUT2D eigenvalue weighted by Gasteiger charge is 2.42. The molecule has 0 N–H and O–H groups in total. The number of amides is 1. The van der Waals surface area contributed by atoms with Crippen LogP contribution in [0.2, 0.25) is 0 Å². The number of carbonyl (C=O) groups is 1. The maximum absolute atomic E-state index is 12.1. The summed E-state index contributed by atoms with van der Waals surface area (Å²) in [4.78, 5) is 19.5. The summed E-state index contributed by atoms with van der Waals surface area (Å²) in [6, 6.07) is 2.41. The third kappa shape index (κ3) is 4.09. The Labute approximate surface area is 174 Å². The third-order valence-corrected chi connectivity index (χ3v) is 9.06. The zero-order valence-electron chi connectivity index (χ0n) is 17.1. The molecule has 0 radical (unpaired) electrons. The first kappa shape index (κ1) is 20.5. The summed E-state index contributed by atoms with van der Waals surface area (Å²) in [5.41, 5.74) is 1.42. The molecule has 2 saturated heterocycles. The lowest BCUT2D eigenvalue weighted by molar-refractivity contribution is -0.135. The van der Waals surface area contributed by atoms with Crippen molar-refractivity contribution in [2.45, 2.75) is 45.1 Å². The number of hydrogen-bond donors (Lipinski definition) is 0. The lowest BCUT2D eigenvalue weighted by Crippen LogP contribution is -2.56. The second-order valence-electron chi connectivity index (χ2n) is 8.33. The van der Waals surface area contributed by atoms with Crippen LogP contribution < -0.4 is 0 Å². The van der Waals surface area contributed by atoms with E-state index >= 15 is 0 Å². The summed E-state index contributed by atoms with van der Waals surface area (Å²) in [5.74, 6) is 1.37. The highest BCUT2D eigenvalue weighted by atomic mass is 32.2. The monoisotopic (exact) mass is 424 g/mol. The van der Waals surface area contributed by atoms with Crippen molar-refractivity contribution < 1.29 is 13.7 Å². The number of thiophene rings is 1. The summed E-state index contributed by atoms with van der Waals surface area (Å²) >= 11 is 1.98. The van der Waals surface area contributed by atoms with Gasteiger partial charge in [-0.25, -0.2) is 0 Å². The van der Waals surface area contributed by atoms with Crippen LogP contribution in [-0.4, -0.2) is 70.8 Å². The number of aryl methyl sites for hydroxylation is 1. The average Bonchev–Trinajstić information content (AvgIpc) is 3.10. The van der Waals surface area contributed by atoms with Crippen molar-refractivity contribution in [3.8, 4) is 0 Å². The SMILES string of the molecule is CCc1cc2c(s1)CCOC21CCN(CC2CN(C(=O)CS(=O)CC)C2)CC1. The zero-order chi connectivity index (χ0) is 19.7. The summed E-state index contributed by atoms with van der Waals surface area (Å²) < 4.78 is 17.9. The van der Waals surface area contributed by atoms with Crippen molar-refractivity contribution in [1.82, 2.24) is 9.80 Å². The van der Waals surface area contributed by atoms with Crippen molar-refractivity contribution in [1.29, 1.82) is 0 Å². The average molecular weight is 425 g/mol.